The van der Waals surface area contributed by atoms with Crippen LogP contribution in [0.1, 0.15) is 5.69 Å². The summed E-state index contributed by atoms with van der Waals surface area (Å²) in [6.45, 7) is 0. The number of nitrogens with zero attached hydrogens (tertiary/aromatic N) is 2. The summed E-state index contributed by atoms with van der Waals surface area (Å²) in [6.07, 6.45) is -4.35. The number of benzene rings is 1. The van der Waals surface area contributed by atoms with E-state index in [4.69, 9.17) is 11.6 Å². The molecule has 0 unspecified atom stereocenters. The molecule has 0 amide bonds. The van der Waals surface area contributed by atoms with Gasteiger partial charge in [-0.3, -0.25) is 4.79 Å². The molecule has 4 nitrogen and oxygen atoms in total. The summed E-state index contributed by atoms with van der Waals surface area (Å²) >= 11 is 5.49. The monoisotopic (exact) mass is 322 g/mol. The van der Waals surface area contributed by atoms with Crippen molar-refractivity contribution in [3.8, 4) is 17.0 Å². The standard InChI is InChI=1S/C12H7ClF4N2O2/c1-19-9(12(15,16)17)4-18-10(11(19)21)5-2-8(20)6(13)3-7(5)14/h2-4,20H,1H3. The highest BCUT2D eigenvalue weighted by Gasteiger charge is 2.34. The van der Waals surface area contributed by atoms with Gasteiger partial charge in [-0.15, -0.1) is 0 Å². The molecule has 1 aromatic heterocycles. The molecule has 112 valence electrons. The first-order valence-electron chi connectivity index (χ1n) is 5.44. The molecule has 1 aromatic carbocycles. The molecule has 0 radical (unpaired) electrons. The summed E-state index contributed by atoms with van der Waals surface area (Å²) in [6, 6.07) is 1.57. The molecular formula is C12H7ClF4N2O2. The lowest BCUT2D eigenvalue weighted by atomic mass is 10.1. The molecule has 0 aliphatic heterocycles. The second-order valence-corrected chi connectivity index (χ2v) is 4.54. The SMILES string of the molecule is Cn1c(C(F)(F)F)cnc(-c2cc(O)c(Cl)cc2F)c1=O. The Labute approximate surface area is 120 Å². The van der Waals surface area contributed by atoms with E-state index in [1.807, 2.05) is 0 Å². The summed E-state index contributed by atoms with van der Waals surface area (Å²) in [7, 11) is 0.893. The van der Waals surface area contributed by atoms with E-state index in [9.17, 15) is 27.5 Å². The lowest BCUT2D eigenvalue weighted by Gasteiger charge is -2.12. The van der Waals surface area contributed by atoms with Crippen LogP contribution in [-0.2, 0) is 13.2 Å². The summed E-state index contributed by atoms with van der Waals surface area (Å²) < 4.78 is 52.0. The fraction of sp³-hybridized carbons (Fsp3) is 0.167. The van der Waals surface area contributed by atoms with Crippen molar-refractivity contribution in [2.75, 3.05) is 0 Å². The first kappa shape index (κ1) is 15.3. The van der Waals surface area contributed by atoms with Gasteiger partial charge >= 0.3 is 6.18 Å². The van der Waals surface area contributed by atoms with Crippen LogP contribution in [0.4, 0.5) is 17.6 Å². The highest BCUT2D eigenvalue weighted by atomic mass is 35.5. The number of phenolic OH excluding ortho intramolecular Hbond substituents is 1. The largest absolute Gasteiger partial charge is 0.506 e. The number of phenols is 1. The lowest BCUT2D eigenvalue weighted by Crippen LogP contribution is -2.27. The lowest BCUT2D eigenvalue weighted by molar-refractivity contribution is -0.144. The van der Waals surface area contributed by atoms with Gasteiger partial charge in [0.1, 0.15) is 23.0 Å². The van der Waals surface area contributed by atoms with Crippen molar-refractivity contribution in [1.82, 2.24) is 9.55 Å². The second-order valence-electron chi connectivity index (χ2n) is 4.14. The number of alkyl halides is 3. The van der Waals surface area contributed by atoms with Crippen molar-refractivity contribution in [3.05, 3.63) is 45.2 Å². The highest BCUT2D eigenvalue weighted by molar-refractivity contribution is 6.32. The molecule has 2 aromatic rings. The average Bonchev–Trinajstić information content (AvgIpc) is 2.36. The van der Waals surface area contributed by atoms with Crippen LogP contribution < -0.4 is 5.56 Å². The normalized spacial score (nSPS) is 11.7. The van der Waals surface area contributed by atoms with Crippen molar-refractivity contribution in [2.24, 2.45) is 7.05 Å². The number of aromatic nitrogens is 2. The predicted octanol–water partition coefficient (Wildman–Crippen LogP) is 2.96. The van der Waals surface area contributed by atoms with Gasteiger partial charge in [0.2, 0.25) is 0 Å². The van der Waals surface area contributed by atoms with Crippen molar-refractivity contribution in [2.45, 2.75) is 6.18 Å². The average molecular weight is 323 g/mol. The molecule has 0 atom stereocenters. The molecule has 0 bridgehead atoms. The van der Waals surface area contributed by atoms with E-state index in [-0.39, 0.29) is 5.02 Å². The van der Waals surface area contributed by atoms with Crippen molar-refractivity contribution < 1.29 is 22.7 Å². The van der Waals surface area contributed by atoms with Crippen LogP contribution in [0.2, 0.25) is 5.02 Å². The van der Waals surface area contributed by atoms with Gasteiger partial charge in [-0.25, -0.2) is 9.37 Å². The van der Waals surface area contributed by atoms with Gasteiger partial charge in [0.15, 0.2) is 0 Å². The summed E-state index contributed by atoms with van der Waals surface area (Å²) in [5, 5.41) is 9.12. The maximum atomic E-state index is 13.8. The zero-order valence-electron chi connectivity index (χ0n) is 10.4. The summed E-state index contributed by atoms with van der Waals surface area (Å²) in [5.41, 5.74) is -3.42. The van der Waals surface area contributed by atoms with Gasteiger partial charge in [0.05, 0.1) is 11.2 Å². The third-order valence-corrected chi connectivity index (χ3v) is 3.07. The van der Waals surface area contributed by atoms with E-state index in [0.29, 0.717) is 10.8 Å². The van der Waals surface area contributed by atoms with Crippen LogP contribution >= 0.6 is 11.6 Å². The summed E-state index contributed by atoms with van der Waals surface area (Å²) in [5.74, 6) is -1.50. The number of aromatic hydroxyl groups is 1. The first-order valence-corrected chi connectivity index (χ1v) is 5.82. The Morgan fingerprint density at radius 3 is 2.52 bits per heavy atom. The zero-order valence-corrected chi connectivity index (χ0v) is 11.1. The Balaban J connectivity index is 2.71. The molecule has 0 aliphatic carbocycles. The van der Waals surface area contributed by atoms with Crippen LogP contribution in [0, 0.1) is 5.82 Å². The topological polar surface area (TPSA) is 55.1 Å². The van der Waals surface area contributed by atoms with Gasteiger partial charge in [0.25, 0.3) is 5.56 Å². The van der Waals surface area contributed by atoms with Gasteiger partial charge in [-0.05, 0) is 12.1 Å². The Hall–Kier alpha value is -2.09. The quantitative estimate of drug-likeness (QED) is 0.821. The van der Waals surface area contributed by atoms with Crippen molar-refractivity contribution in [1.29, 1.82) is 0 Å². The van der Waals surface area contributed by atoms with E-state index >= 15 is 0 Å². The van der Waals surface area contributed by atoms with Crippen molar-refractivity contribution >= 4 is 11.6 Å². The van der Waals surface area contributed by atoms with Gasteiger partial charge in [-0.2, -0.15) is 13.2 Å². The molecule has 0 saturated carbocycles. The molecule has 0 fully saturated rings. The minimum Gasteiger partial charge on any atom is -0.506 e. The molecular weight excluding hydrogens is 316 g/mol. The van der Waals surface area contributed by atoms with E-state index < -0.39 is 40.3 Å². The van der Waals surface area contributed by atoms with Crippen molar-refractivity contribution in [3.63, 3.8) is 0 Å². The highest BCUT2D eigenvalue weighted by Crippen LogP contribution is 2.31. The molecule has 0 aliphatic rings. The first-order chi connectivity index (χ1) is 9.62. The summed E-state index contributed by atoms with van der Waals surface area (Å²) in [4.78, 5) is 15.3. The Morgan fingerprint density at radius 1 is 1.33 bits per heavy atom. The Morgan fingerprint density at radius 2 is 1.95 bits per heavy atom. The molecule has 0 spiro atoms. The van der Waals surface area contributed by atoms with E-state index in [1.165, 1.54) is 0 Å². The van der Waals surface area contributed by atoms with E-state index in [1.54, 1.807) is 0 Å². The third-order valence-electron chi connectivity index (χ3n) is 2.77. The molecule has 0 saturated heterocycles. The minimum absolute atomic E-state index is 0.292. The minimum atomic E-state index is -4.76. The maximum Gasteiger partial charge on any atom is 0.433 e. The van der Waals surface area contributed by atoms with Gasteiger partial charge in [0, 0.05) is 12.6 Å². The molecule has 1 N–H and O–H groups in total. The van der Waals surface area contributed by atoms with E-state index in [2.05, 4.69) is 4.98 Å². The van der Waals surface area contributed by atoms with Gasteiger partial charge < -0.3 is 9.67 Å². The zero-order chi connectivity index (χ0) is 15.9. The third kappa shape index (κ3) is 2.71. The van der Waals surface area contributed by atoms with Crippen LogP contribution in [0.25, 0.3) is 11.3 Å². The van der Waals surface area contributed by atoms with Crippen LogP contribution in [-0.4, -0.2) is 14.7 Å². The molecule has 1 heterocycles. The van der Waals surface area contributed by atoms with Crippen LogP contribution in [0.3, 0.4) is 0 Å². The smallest absolute Gasteiger partial charge is 0.433 e. The number of rotatable bonds is 1. The van der Waals surface area contributed by atoms with E-state index in [0.717, 1.165) is 19.2 Å². The molecule has 21 heavy (non-hydrogen) atoms. The fourth-order valence-electron chi connectivity index (χ4n) is 1.70. The second kappa shape index (κ2) is 5.03. The predicted molar refractivity (Wildman–Crippen MR) is 66.5 cm³/mol. The van der Waals surface area contributed by atoms with Crippen LogP contribution in [0.15, 0.2) is 23.1 Å². The molecule has 2 rings (SSSR count). The number of hydrogen-bond donors (Lipinski definition) is 1. The number of hydrogen-bond acceptors (Lipinski definition) is 3. The number of halogens is 5. The van der Waals surface area contributed by atoms with Gasteiger partial charge in [-0.1, -0.05) is 11.6 Å². The Kier molecular flexibility index (Phi) is 3.66. The fourth-order valence-corrected chi connectivity index (χ4v) is 1.85. The molecule has 9 heteroatoms. The maximum absolute atomic E-state index is 13.8. The Bertz CT molecular complexity index is 771. The van der Waals surface area contributed by atoms with Crippen LogP contribution in [0.5, 0.6) is 5.75 Å².